The third-order valence-electron chi connectivity index (χ3n) is 1.50. The van der Waals surface area contributed by atoms with Crippen LogP contribution < -0.4 is 0 Å². The van der Waals surface area contributed by atoms with E-state index < -0.39 is 0 Å². The lowest BCUT2D eigenvalue weighted by atomic mass is 10.5. The van der Waals surface area contributed by atoms with Gasteiger partial charge in [-0.1, -0.05) is 11.1 Å². The summed E-state index contributed by atoms with van der Waals surface area (Å²) in [6, 6.07) is 0. The van der Waals surface area contributed by atoms with Crippen LogP contribution in [0.2, 0.25) is 0 Å². The number of hydrogen-bond acceptors (Lipinski definition) is 0. The van der Waals surface area contributed by atoms with E-state index in [1.165, 1.54) is 25.7 Å². The van der Waals surface area contributed by atoms with Crippen LogP contribution >= 0.6 is 0 Å². The molecule has 32 valence electrons. The summed E-state index contributed by atoms with van der Waals surface area (Å²) in [7, 11) is 0. The molecule has 0 heterocycles. The van der Waals surface area contributed by atoms with Gasteiger partial charge in [0.05, 0.1) is 0 Å². The van der Waals surface area contributed by atoms with E-state index in [0.29, 0.717) is 0 Å². The SMILES string of the molecule is C1CC1=C1CC1. The molecule has 0 aromatic rings. The summed E-state index contributed by atoms with van der Waals surface area (Å²) in [4.78, 5) is 0. The average Bonchev–Trinajstić information content (AvgIpc) is 2.26. The summed E-state index contributed by atoms with van der Waals surface area (Å²) in [6.45, 7) is 0. The van der Waals surface area contributed by atoms with Gasteiger partial charge in [-0.25, -0.2) is 0 Å². The first-order valence-electron chi connectivity index (χ1n) is 2.66. The Morgan fingerprint density at radius 1 is 0.667 bits per heavy atom. The molecule has 0 bridgehead atoms. The highest BCUT2D eigenvalue weighted by Crippen LogP contribution is 2.43. The Labute approximate surface area is 37.9 Å². The highest BCUT2D eigenvalue weighted by molar-refractivity contribution is 5.32. The van der Waals surface area contributed by atoms with Crippen molar-refractivity contribution in [3.8, 4) is 0 Å². The van der Waals surface area contributed by atoms with E-state index in [1.54, 1.807) is 11.1 Å². The van der Waals surface area contributed by atoms with E-state index in [1.807, 2.05) is 0 Å². The summed E-state index contributed by atoms with van der Waals surface area (Å²) in [5.74, 6) is 0. The van der Waals surface area contributed by atoms with Crippen molar-refractivity contribution in [3.63, 3.8) is 0 Å². The highest BCUT2D eigenvalue weighted by atomic mass is 14.3. The lowest BCUT2D eigenvalue weighted by molar-refractivity contribution is 1.50. The number of hydrogen-bond donors (Lipinski definition) is 0. The van der Waals surface area contributed by atoms with Crippen LogP contribution in [0, 0.1) is 0 Å². The molecule has 0 atom stereocenters. The zero-order chi connectivity index (χ0) is 3.98. The quantitative estimate of drug-likeness (QED) is 0.390. The second-order valence-electron chi connectivity index (χ2n) is 2.21. The van der Waals surface area contributed by atoms with Crippen molar-refractivity contribution in [1.82, 2.24) is 0 Å². The highest BCUT2D eigenvalue weighted by Gasteiger charge is 2.23. The van der Waals surface area contributed by atoms with Crippen LogP contribution in [0.5, 0.6) is 0 Å². The van der Waals surface area contributed by atoms with E-state index in [9.17, 15) is 0 Å². The Bertz CT molecular complexity index is 83.2. The maximum absolute atomic E-state index is 1.79. The fourth-order valence-electron chi connectivity index (χ4n) is 0.832. The Balaban J connectivity index is 2.34. The predicted octanol–water partition coefficient (Wildman–Crippen LogP) is 1.87. The minimum Gasteiger partial charge on any atom is -0.0704 e. The van der Waals surface area contributed by atoms with E-state index >= 15 is 0 Å². The monoisotopic (exact) mass is 80.1 g/mol. The summed E-state index contributed by atoms with van der Waals surface area (Å²) in [6.07, 6.45) is 5.76. The minimum atomic E-state index is 1.44. The smallest absolute Gasteiger partial charge is 0.0280 e. The first-order chi connectivity index (χ1) is 2.97. The van der Waals surface area contributed by atoms with Crippen molar-refractivity contribution in [2.75, 3.05) is 0 Å². The summed E-state index contributed by atoms with van der Waals surface area (Å²) >= 11 is 0. The molecule has 0 aliphatic heterocycles. The second-order valence-corrected chi connectivity index (χ2v) is 2.21. The van der Waals surface area contributed by atoms with Crippen LogP contribution in [0.1, 0.15) is 25.7 Å². The van der Waals surface area contributed by atoms with Gasteiger partial charge >= 0.3 is 0 Å². The normalized spacial score (nSPS) is 28.0. The first kappa shape index (κ1) is 2.84. The molecular weight excluding hydrogens is 72.1 g/mol. The molecule has 2 fully saturated rings. The molecule has 0 unspecified atom stereocenters. The molecule has 2 aliphatic rings. The van der Waals surface area contributed by atoms with Gasteiger partial charge in [0.2, 0.25) is 0 Å². The Morgan fingerprint density at radius 2 is 1.00 bits per heavy atom. The van der Waals surface area contributed by atoms with Crippen molar-refractivity contribution < 1.29 is 0 Å². The van der Waals surface area contributed by atoms with Crippen molar-refractivity contribution in [2.24, 2.45) is 0 Å². The van der Waals surface area contributed by atoms with Gasteiger partial charge in [0.15, 0.2) is 0 Å². The predicted molar refractivity (Wildman–Crippen MR) is 25.5 cm³/mol. The van der Waals surface area contributed by atoms with Crippen LogP contribution in [0.15, 0.2) is 11.1 Å². The maximum Gasteiger partial charge on any atom is -0.0280 e. The maximum atomic E-state index is 1.79. The molecule has 0 aromatic carbocycles. The van der Waals surface area contributed by atoms with Gasteiger partial charge in [0, 0.05) is 0 Å². The van der Waals surface area contributed by atoms with Gasteiger partial charge in [-0.2, -0.15) is 0 Å². The third-order valence-corrected chi connectivity index (χ3v) is 1.50. The zero-order valence-corrected chi connectivity index (χ0v) is 3.83. The lowest BCUT2D eigenvalue weighted by Crippen LogP contribution is -1.35. The molecule has 2 rings (SSSR count). The van der Waals surface area contributed by atoms with E-state index in [-0.39, 0.29) is 0 Å². The summed E-state index contributed by atoms with van der Waals surface area (Å²) in [5.41, 5.74) is 3.57. The average molecular weight is 80.1 g/mol. The number of rotatable bonds is 0. The Hall–Kier alpha value is -0.260. The molecule has 0 radical (unpaired) electrons. The molecule has 6 heavy (non-hydrogen) atoms. The van der Waals surface area contributed by atoms with Gasteiger partial charge < -0.3 is 0 Å². The van der Waals surface area contributed by atoms with Crippen molar-refractivity contribution in [1.29, 1.82) is 0 Å². The molecular formula is C6H8. The largest absolute Gasteiger partial charge is 0.0704 e. The fourth-order valence-corrected chi connectivity index (χ4v) is 0.832. The summed E-state index contributed by atoms with van der Waals surface area (Å²) in [5, 5.41) is 0. The molecule has 0 saturated heterocycles. The van der Waals surface area contributed by atoms with Gasteiger partial charge in [-0.05, 0) is 25.7 Å². The van der Waals surface area contributed by atoms with Crippen molar-refractivity contribution >= 4 is 0 Å². The van der Waals surface area contributed by atoms with Gasteiger partial charge in [-0.3, -0.25) is 0 Å². The fraction of sp³-hybridized carbons (Fsp3) is 0.667. The van der Waals surface area contributed by atoms with Crippen LogP contribution in [0.25, 0.3) is 0 Å². The molecule has 0 spiro atoms. The van der Waals surface area contributed by atoms with Crippen LogP contribution in [0.3, 0.4) is 0 Å². The molecule has 2 aliphatic carbocycles. The minimum absolute atomic E-state index is 1.44. The van der Waals surface area contributed by atoms with Crippen molar-refractivity contribution in [2.45, 2.75) is 25.7 Å². The Kier molecular flexibility index (Phi) is 0.331. The van der Waals surface area contributed by atoms with E-state index in [4.69, 9.17) is 0 Å². The van der Waals surface area contributed by atoms with Crippen LogP contribution in [-0.2, 0) is 0 Å². The van der Waals surface area contributed by atoms with Gasteiger partial charge in [0.25, 0.3) is 0 Å². The molecule has 0 aromatic heterocycles. The molecule has 0 heteroatoms. The van der Waals surface area contributed by atoms with Crippen molar-refractivity contribution in [3.05, 3.63) is 11.1 Å². The van der Waals surface area contributed by atoms with Gasteiger partial charge in [0.1, 0.15) is 0 Å². The Morgan fingerprint density at radius 3 is 1.17 bits per heavy atom. The van der Waals surface area contributed by atoms with E-state index in [2.05, 4.69) is 0 Å². The summed E-state index contributed by atoms with van der Waals surface area (Å²) < 4.78 is 0. The van der Waals surface area contributed by atoms with Gasteiger partial charge in [-0.15, -0.1) is 0 Å². The topological polar surface area (TPSA) is 0 Å². The lowest BCUT2D eigenvalue weighted by Gasteiger charge is -1.56. The van der Waals surface area contributed by atoms with Crippen LogP contribution in [0.4, 0.5) is 0 Å². The molecule has 0 amide bonds. The second kappa shape index (κ2) is 0.699. The standard InChI is InChI=1S/C6H8/c1-2-5(1)6-3-4-6/h1-4H2. The number of allylic oxidation sites excluding steroid dienone is 2. The zero-order valence-electron chi connectivity index (χ0n) is 3.83. The third kappa shape index (κ3) is 0.296. The van der Waals surface area contributed by atoms with Crippen LogP contribution in [-0.4, -0.2) is 0 Å². The molecule has 2 saturated carbocycles. The van der Waals surface area contributed by atoms with E-state index in [0.717, 1.165) is 0 Å². The molecule has 0 N–H and O–H groups in total. The molecule has 0 nitrogen and oxygen atoms in total. The first-order valence-corrected chi connectivity index (χ1v) is 2.66.